The molecule has 5 heteroatoms. The molecule has 0 aliphatic heterocycles. The fraction of sp³-hybridized carbons (Fsp3) is 0.300. The second-order valence-electron chi connectivity index (χ2n) is 3.01. The van der Waals surface area contributed by atoms with Gasteiger partial charge in [-0.05, 0) is 12.1 Å². The predicted molar refractivity (Wildman–Crippen MR) is 59.5 cm³/mol. The Hall–Kier alpha value is -1.25. The minimum atomic E-state index is -0.513. The van der Waals surface area contributed by atoms with E-state index in [4.69, 9.17) is 15.7 Å². The third kappa shape index (κ3) is 2.61. The summed E-state index contributed by atoms with van der Waals surface area (Å²) in [6.07, 6.45) is 0.146. The van der Waals surface area contributed by atoms with Crippen LogP contribution < -0.4 is 10.5 Å². The normalized spacial score (nSPS) is 11.9. The van der Waals surface area contributed by atoms with Crippen molar-refractivity contribution in [3.63, 3.8) is 0 Å². The van der Waals surface area contributed by atoms with E-state index in [-0.39, 0.29) is 12.2 Å². The molecule has 0 fully saturated rings. The van der Waals surface area contributed by atoms with Gasteiger partial charge in [-0.3, -0.25) is 0 Å². The van der Waals surface area contributed by atoms with Crippen LogP contribution in [0.2, 0.25) is 0 Å². The highest BCUT2D eigenvalue weighted by atomic mass is 79.9. The second-order valence-corrected chi connectivity index (χ2v) is 3.93. The molecule has 80 valence electrons. The molecule has 1 aromatic rings. The number of nitrogens with two attached hydrogens (primary N) is 1. The van der Waals surface area contributed by atoms with Crippen molar-refractivity contribution in [3.05, 3.63) is 22.2 Å². The molecule has 0 amide bonds. The first-order valence-corrected chi connectivity index (χ1v) is 5.08. The number of nitrogens with zero attached hydrogens (tertiary/aromatic N) is 1. The number of aromatic hydroxyl groups is 1. The average Bonchev–Trinajstić information content (AvgIpc) is 2.21. The molecule has 1 atom stereocenters. The van der Waals surface area contributed by atoms with Gasteiger partial charge in [-0.1, -0.05) is 15.9 Å². The highest BCUT2D eigenvalue weighted by Gasteiger charge is 2.15. The monoisotopic (exact) mass is 270 g/mol. The van der Waals surface area contributed by atoms with E-state index in [1.54, 1.807) is 12.1 Å². The number of phenols is 1. The van der Waals surface area contributed by atoms with Gasteiger partial charge in [0, 0.05) is 16.1 Å². The van der Waals surface area contributed by atoms with E-state index in [1.807, 2.05) is 6.07 Å². The van der Waals surface area contributed by atoms with Crippen molar-refractivity contribution >= 4 is 15.9 Å². The fourth-order valence-corrected chi connectivity index (χ4v) is 1.70. The summed E-state index contributed by atoms with van der Waals surface area (Å²) < 4.78 is 5.73. The van der Waals surface area contributed by atoms with E-state index in [0.29, 0.717) is 11.3 Å². The van der Waals surface area contributed by atoms with Gasteiger partial charge in [0.1, 0.15) is 0 Å². The quantitative estimate of drug-likeness (QED) is 0.882. The maximum Gasteiger partial charge on any atom is 0.162 e. The first-order valence-electron chi connectivity index (χ1n) is 4.29. The Morgan fingerprint density at radius 1 is 1.67 bits per heavy atom. The van der Waals surface area contributed by atoms with E-state index >= 15 is 0 Å². The van der Waals surface area contributed by atoms with E-state index in [2.05, 4.69) is 15.9 Å². The van der Waals surface area contributed by atoms with Gasteiger partial charge in [-0.25, -0.2) is 0 Å². The van der Waals surface area contributed by atoms with Crippen LogP contribution >= 0.6 is 15.9 Å². The average molecular weight is 271 g/mol. The van der Waals surface area contributed by atoms with Crippen LogP contribution in [0.3, 0.4) is 0 Å². The Morgan fingerprint density at radius 3 is 2.87 bits per heavy atom. The van der Waals surface area contributed by atoms with Crippen molar-refractivity contribution in [2.24, 2.45) is 5.73 Å². The summed E-state index contributed by atoms with van der Waals surface area (Å²) in [6.45, 7) is 0. The first-order chi connectivity index (χ1) is 7.10. The summed E-state index contributed by atoms with van der Waals surface area (Å²) in [5, 5.41) is 18.3. The van der Waals surface area contributed by atoms with Crippen LogP contribution in [0.15, 0.2) is 16.6 Å². The lowest BCUT2D eigenvalue weighted by Crippen LogP contribution is -2.09. The van der Waals surface area contributed by atoms with E-state index in [1.165, 1.54) is 7.11 Å². The number of benzene rings is 1. The minimum Gasteiger partial charge on any atom is -0.504 e. The minimum absolute atomic E-state index is 0.0107. The summed E-state index contributed by atoms with van der Waals surface area (Å²) in [6, 6.07) is 4.76. The van der Waals surface area contributed by atoms with Crippen molar-refractivity contribution in [2.45, 2.75) is 12.5 Å². The van der Waals surface area contributed by atoms with Crippen LogP contribution in [-0.4, -0.2) is 12.2 Å². The van der Waals surface area contributed by atoms with Gasteiger partial charge >= 0.3 is 0 Å². The van der Waals surface area contributed by atoms with Gasteiger partial charge in [0.2, 0.25) is 0 Å². The van der Waals surface area contributed by atoms with Gasteiger partial charge in [0.15, 0.2) is 11.5 Å². The molecule has 3 N–H and O–H groups in total. The zero-order valence-electron chi connectivity index (χ0n) is 8.20. The maximum absolute atomic E-state index is 9.78. The molecular weight excluding hydrogens is 260 g/mol. The van der Waals surface area contributed by atoms with Crippen LogP contribution in [0, 0.1) is 11.3 Å². The third-order valence-electron chi connectivity index (χ3n) is 2.00. The number of halogens is 1. The molecule has 0 unspecified atom stereocenters. The zero-order chi connectivity index (χ0) is 11.4. The third-order valence-corrected chi connectivity index (χ3v) is 2.46. The number of hydrogen-bond acceptors (Lipinski definition) is 4. The number of nitriles is 1. The Kier molecular flexibility index (Phi) is 3.95. The number of ether oxygens (including phenoxy) is 1. The van der Waals surface area contributed by atoms with E-state index < -0.39 is 6.04 Å². The van der Waals surface area contributed by atoms with Crippen LogP contribution in [0.5, 0.6) is 11.5 Å². The zero-order valence-corrected chi connectivity index (χ0v) is 9.78. The highest BCUT2D eigenvalue weighted by Crippen LogP contribution is 2.36. The Bertz CT molecular complexity index is 401. The van der Waals surface area contributed by atoms with Crippen molar-refractivity contribution in [3.8, 4) is 17.6 Å². The molecule has 1 rings (SSSR count). The van der Waals surface area contributed by atoms with E-state index in [9.17, 15) is 5.11 Å². The molecule has 0 saturated carbocycles. The lowest BCUT2D eigenvalue weighted by Gasteiger charge is -2.13. The first kappa shape index (κ1) is 11.8. The van der Waals surface area contributed by atoms with Gasteiger partial charge in [0.05, 0.1) is 19.6 Å². The Labute approximate surface area is 96.4 Å². The molecule has 0 heterocycles. The molecule has 1 aromatic carbocycles. The number of methoxy groups -OCH3 is 1. The van der Waals surface area contributed by atoms with Crippen molar-refractivity contribution in [1.82, 2.24) is 0 Å². The lowest BCUT2D eigenvalue weighted by molar-refractivity contribution is 0.368. The smallest absolute Gasteiger partial charge is 0.162 e. The maximum atomic E-state index is 9.78. The van der Waals surface area contributed by atoms with Crippen molar-refractivity contribution in [1.29, 1.82) is 5.26 Å². The van der Waals surface area contributed by atoms with Gasteiger partial charge in [-0.15, -0.1) is 0 Å². The van der Waals surface area contributed by atoms with Crippen molar-refractivity contribution < 1.29 is 9.84 Å². The molecule has 15 heavy (non-hydrogen) atoms. The van der Waals surface area contributed by atoms with Gasteiger partial charge in [0.25, 0.3) is 0 Å². The summed E-state index contributed by atoms with van der Waals surface area (Å²) in [5.41, 5.74) is 6.24. The molecule has 0 saturated heterocycles. The van der Waals surface area contributed by atoms with Gasteiger partial charge < -0.3 is 15.6 Å². The Morgan fingerprint density at radius 2 is 2.33 bits per heavy atom. The molecule has 0 radical (unpaired) electrons. The van der Waals surface area contributed by atoms with Gasteiger partial charge in [-0.2, -0.15) is 5.26 Å². The van der Waals surface area contributed by atoms with Crippen LogP contribution in [-0.2, 0) is 0 Å². The highest BCUT2D eigenvalue weighted by molar-refractivity contribution is 9.10. The molecule has 0 spiro atoms. The lowest BCUT2D eigenvalue weighted by atomic mass is 10.0. The molecule has 0 aliphatic carbocycles. The SMILES string of the molecule is COc1cc(Br)cc([C@@H](N)CC#N)c1O. The fourth-order valence-electron chi connectivity index (χ4n) is 1.24. The summed E-state index contributed by atoms with van der Waals surface area (Å²) >= 11 is 3.28. The molecule has 0 aliphatic rings. The molecular formula is C10H11BrN2O2. The van der Waals surface area contributed by atoms with Crippen LogP contribution in [0.4, 0.5) is 0 Å². The van der Waals surface area contributed by atoms with Crippen LogP contribution in [0.25, 0.3) is 0 Å². The molecule has 0 aromatic heterocycles. The number of phenolic OH excluding ortho intramolecular Hbond substituents is 1. The van der Waals surface area contributed by atoms with E-state index in [0.717, 1.165) is 4.47 Å². The summed E-state index contributed by atoms with van der Waals surface area (Å²) in [4.78, 5) is 0. The number of hydrogen-bond donors (Lipinski definition) is 2. The largest absolute Gasteiger partial charge is 0.504 e. The molecule has 0 bridgehead atoms. The van der Waals surface area contributed by atoms with Crippen molar-refractivity contribution in [2.75, 3.05) is 7.11 Å². The van der Waals surface area contributed by atoms with Crippen LogP contribution in [0.1, 0.15) is 18.0 Å². The number of rotatable bonds is 3. The Balaban J connectivity index is 3.18. The topological polar surface area (TPSA) is 79.3 Å². The predicted octanol–water partition coefficient (Wildman–Crippen LogP) is 2.08. The summed E-state index contributed by atoms with van der Waals surface area (Å²) in [7, 11) is 1.46. The second kappa shape index (κ2) is 5.01. The summed E-state index contributed by atoms with van der Waals surface area (Å²) in [5.74, 6) is 0.330. The standard InChI is InChI=1S/C10H11BrN2O2/c1-15-9-5-6(11)4-7(10(9)14)8(13)2-3-12/h4-5,8,14H,2,13H2,1H3/t8-/m0/s1. The molecule has 4 nitrogen and oxygen atoms in total.